The zero-order chi connectivity index (χ0) is 26.0. The number of carbonyl (C=O) groups is 2. The number of nitrogens with one attached hydrogen (secondary N) is 2. The Morgan fingerprint density at radius 2 is 1.76 bits per heavy atom. The van der Waals surface area contributed by atoms with Crippen molar-refractivity contribution in [3.8, 4) is 0 Å². The van der Waals surface area contributed by atoms with Gasteiger partial charge in [0, 0.05) is 38.1 Å². The van der Waals surface area contributed by atoms with Crippen molar-refractivity contribution in [3.05, 3.63) is 60.2 Å². The maximum absolute atomic E-state index is 14.0. The molecule has 1 aliphatic carbocycles. The van der Waals surface area contributed by atoms with Gasteiger partial charge in [0.1, 0.15) is 5.54 Å². The fourth-order valence-electron chi connectivity index (χ4n) is 5.34. The average Bonchev–Trinajstić information content (AvgIpc) is 3.67. The molecule has 5 rings (SSSR count). The van der Waals surface area contributed by atoms with Crippen LogP contribution in [0.2, 0.25) is 0 Å². The smallest absolute Gasteiger partial charge is 0.250 e. The monoisotopic (exact) mass is 537 g/mol. The number of anilines is 2. The molecule has 2 aromatic carbocycles. The van der Waals surface area contributed by atoms with Crippen LogP contribution in [-0.2, 0) is 9.59 Å². The van der Waals surface area contributed by atoms with Gasteiger partial charge in [-0.3, -0.25) is 9.59 Å². The molecule has 1 saturated carbocycles. The van der Waals surface area contributed by atoms with Gasteiger partial charge >= 0.3 is 0 Å². The minimum absolute atomic E-state index is 0.00892. The average molecular weight is 538 g/mol. The van der Waals surface area contributed by atoms with Crippen molar-refractivity contribution in [1.29, 1.82) is 0 Å². The molecule has 2 aromatic rings. The Morgan fingerprint density at radius 1 is 1.08 bits per heavy atom. The number of thioether (sulfide) groups is 1. The second-order valence-corrected chi connectivity index (χ2v) is 11.9. The van der Waals surface area contributed by atoms with Crippen LogP contribution in [-0.4, -0.2) is 77.0 Å². The van der Waals surface area contributed by atoms with Gasteiger partial charge < -0.3 is 25.3 Å². The molecule has 1 unspecified atom stereocenters. The molecule has 7 nitrogen and oxygen atoms in total. The molecular weight excluding hydrogens is 502 g/mol. The zero-order valence-electron chi connectivity index (χ0n) is 21.5. The van der Waals surface area contributed by atoms with Gasteiger partial charge in [0.15, 0.2) is 5.11 Å². The lowest BCUT2D eigenvalue weighted by molar-refractivity contribution is -0.147. The van der Waals surface area contributed by atoms with Crippen molar-refractivity contribution < 1.29 is 9.59 Å². The molecule has 2 N–H and O–H groups in total. The summed E-state index contributed by atoms with van der Waals surface area (Å²) in [5.74, 6) is 1.65. The molecule has 0 aromatic heterocycles. The van der Waals surface area contributed by atoms with E-state index < -0.39 is 5.54 Å². The zero-order valence-corrected chi connectivity index (χ0v) is 23.1. The van der Waals surface area contributed by atoms with Gasteiger partial charge in [-0.25, -0.2) is 0 Å². The van der Waals surface area contributed by atoms with E-state index >= 15 is 0 Å². The summed E-state index contributed by atoms with van der Waals surface area (Å²) in [5, 5.41) is 7.12. The summed E-state index contributed by atoms with van der Waals surface area (Å²) in [6.07, 6.45) is 3.22. The summed E-state index contributed by atoms with van der Waals surface area (Å²) >= 11 is 7.47. The quantitative estimate of drug-likeness (QED) is 0.496. The molecule has 3 fully saturated rings. The Bertz CT molecular complexity index is 1130. The standard InChI is InChI=1S/C28H35N5O2S2/c1-31(2)22-10-8-21(9-11-22)29-26(35)28(14-16-37-17-15-28)33(23-12-13-23)25(34)19-32-18-24(30-27(32)36)20-6-4-3-5-7-20/h3-11,23-24H,12-19H2,1-2H3,(H,29,35)(H,30,36). The Morgan fingerprint density at radius 3 is 2.38 bits per heavy atom. The first-order chi connectivity index (χ1) is 17.9. The molecule has 37 heavy (non-hydrogen) atoms. The summed E-state index contributed by atoms with van der Waals surface area (Å²) in [7, 11) is 3.98. The van der Waals surface area contributed by atoms with Crippen molar-refractivity contribution >= 4 is 52.3 Å². The molecule has 9 heteroatoms. The highest BCUT2D eigenvalue weighted by Gasteiger charge is 2.52. The number of carbonyl (C=O) groups excluding carboxylic acids is 2. The van der Waals surface area contributed by atoms with Crippen LogP contribution in [0.15, 0.2) is 54.6 Å². The number of hydrogen-bond acceptors (Lipinski definition) is 5. The van der Waals surface area contributed by atoms with Gasteiger partial charge in [-0.1, -0.05) is 30.3 Å². The number of rotatable bonds is 8. The van der Waals surface area contributed by atoms with Crippen molar-refractivity contribution in [1.82, 2.24) is 15.1 Å². The van der Waals surface area contributed by atoms with Crippen LogP contribution in [0, 0.1) is 0 Å². The highest BCUT2D eigenvalue weighted by atomic mass is 32.2. The van der Waals surface area contributed by atoms with Crippen LogP contribution in [0.3, 0.4) is 0 Å². The minimum atomic E-state index is -0.836. The molecule has 2 saturated heterocycles. The van der Waals surface area contributed by atoms with Gasteiger partial charge in [-0.2, -0.15) is 11.8 Å². The summed E-state index contributed by atoms with van der Waals surface area (Å²) in [4.78, 5) is 33.8. The Hall–Kier alpha value is -2.78. The van der Waals surface area contributed by atoms with Gasteiger partial charge in [0.25, 0.3) is 0 Å². The lowest BCUT2D eigenvalue weighted by Crippen LogP contribution is -2.63. The number of benzene rings is 2. The normalized spacial score (nSPS) is 20.8. The van der Waals surface area contributed by atoms with Gasteiger partial charge in [0.2, 0.25) is 11.8 Å². The first-order valence-corrected chi connectivity index (χ1v) is 14.5. The van der Waals surface area contributed by atoms with Crippen molar-refractivity contribution in [2.75, 3.05) is 48.9 Å². The first-order valence-electron chi connectivity index (χ1n) is 13.0. The van der Waals surface area contributed by atoms with Crippen molar-refractivity contribution in [2.45, 2.75) is 43.3 Å². The third-order valence-electron chi connectivity index (χ3n) is 7.54. The summed E-state index contributed by atoms with van der Waals surface area (Å²) in [6, 6.07) is 18.2. The van der Waals surface area contributed by atoms with E-state index in [1.54, 1.807) is 0 Å². The maximum Gasteiger partial charge on any atom is 0.250 e. The first kappa shape index (κ1) is 25.9. The van der Waals surface area contributed by atoms with Crippen LogP contribution < -0.4 is 15.5 Å². The van der Waals surface area contributed by atoms with E-state index in [9.17, 15) is 9.59 Å². The fourth-order valence-corrected chi connectivity index (χ4v) is 6.79. The number of hydrogen-bond donors (Lipinski definition) is 2. The van der Waals surface area contributed by atoms with Crippen LogP contribution in [0.1, 0.15) is 37.3 Å². The van der Waals surface area contributed by atoms with Gasteiger partial charge in [-0.05, 0) is 79.2 Å². The second kappa shape index (κ2) is 10.9. The molecule has 2 aliphatic heterocycles. The van der Waals surface area contributed by atoms with E-state index in [0.717, 1.165) is 41.3 Å². The van der Waals surface area contributed by atoms with Crippen LogP contribution in [0.25, 0.3) is 0 Å². The number of thiocarbonyl (C=S) groups is 1. The topological polar surface area (TPSA) is 67.9 Å². The van der Waals surface area contributed by atoms with E-state index in [-0.39, 0.29) is 30.4 Å². The molecule has 196 valence electrons. The Kier molecular flexibility index (Phi) is 7.62. The summed E-state index contributed by atoms with van der Waals surface area (Å²) in [6.45, 7) is 0.825. The van der Waals surface area contributed by atoms with Crippen molar-refractivity contribution in [2.24, 2.45) is 0 Å². The molecule has 1 atom stereocenters. The van der Waals surface area contributed by atoms with Crippen LogP contribution in [0.5, 0.6) is 0 Å². The van der Waals surface area contributed by atoms with E-state index in [0.29, 0.717) is 24.5 Å². The SMILES string of the molecule is CN(C)c1ccc(NC(=O)C2(N(C(=O)CN3CC(c4ccccc4)NC3=S)C3CC3)CCSCC2)cc1. The Labute approximate surface area is 228 Å². The predicted octanol–water partition coefficient (Wildman–Crippen LogP) is 3.88. The van der Waals surface area contributed by atoms with Gasteiger partial charge in [0.05, 0.1) is 12.6 Å². The lowest BCUT2D eigenvalue weighted by atomic mass is 9.87. The maximum atomic E-state index is 14.0. The number of nitrogens with zero attached hydrogens (tertiary/aromatic N) is 3. The molecule has 0 radical (unpaired) electrons. The second-order valence-electron chi connectivity index (χ2n) is 10.3. The highest BCUT2D eigenvalue weighted by Crippen LogP contribution is 2.41. The number of amides is 2. The highest BCUT2D eigenvalue weighted by molar-refractivity contribution is 7.99. The molecule has 3 aliphatic rings. The Balaban J connectivity index is 1.34. The molecule has 0 bridgehead atoms. The lowest BCUT2D eigenvalue weighted by Gasteiger charge is -2.45. The largest absolute Gasteiger partial charge is 0.378 e. The van der Waals surface area contributed by atoms with Gasteiger partial charge in [-0.15, -0.1) is 0 Å². The van der Waals surface area contributed by atoms with Crippen LogP contribution in [0.4, 0.5) is 11.4 Å². The van der Waals surface area contributed by atoms with Crippen LogP contribution >= 0.6 is 24.0 Å². The molecule has 2 amide bonds. The van der Waals surface area contributed by atoms with E-state index in [1.165, 1.54) is 0 Å². The van der Waals surface area contributed by atoms with E-state index in [1.807, 2.05) is 83.0 Å². The molecule has 0 spiro atoms. The third kappa shape index (κ3) is 5.57. The van der Waals surface area contributed by atoms with E-state index in [2.05, 4.69) is 22.8 Å². The predicted molar refractivity (Wildman–Crippen MR) is 155 cm³/mol. The third-order valence-corrected chi connectivity index (χ3v) is 8.90. The summed E-state index contributed by atoms with van der Waals surface area (Å²) < 4.78 is 0. The molecular formula is C28H35N5O2S2. The summed E-state index contributed by atoms with van der Waals surface area (Å²) in [5.41, 5.74) is 2.14. The molecule has 2 heterocycles. The fraction of sp³-hybridized carbons (Fsp3) is 0.464. The minimum Gasteiger partial charge on any atom is -0.378 e. The van der Waals surface area contributed by atoms with Crippen molar-refractivity contribution in [3.63, 3.8) is 0 Å². The van der Waals surface area contributed by atoms with E-state index in [4.69, 9.17) is 12.2 Å².